The van der Waals surface area contributed by atoms with Gasteiger partial charge in [0, 0.05) is 11.8 Å². The molecule has 4 rings (SSSR count). The first kappa shape index (κ1) is 17.1. The fourth-order valence-electron chi connectivity index (χ4n) is 7.85. The second-order valence-corrected chi connectivity index (χ2v) is 10.5. The Kier molecular flexibility index (Phi) is 3.63. The van der Waals surface area contributed by atoms with Crippen LogP contribution < -0.4 is 0 Å². The highest BCUT2D eigenvalue weighted by Gasteiger charge is 2.72. The van der Waals surface area contributed by atoms with Crippen molar-refractivity contribution in [3.05, 3.63) is 12.2 Å². The highest BCUT2D eigenvalue weighted by atomic mass is 16.7. The highest BCUT2D eigenvalue weighted by Crippen LogP contribution is 2.79. The molecule has 136 valence electrons. The summed E-state index contributed by atoms with van der Waals surface area (Å²) in [6.45, 7) is 13.9. The molecule has 0 bridgehead atoms. The van der Waals surface area contributed by atoms with Crippen molar-refractivity contribution in [2.45, 2.75) is 85.4 Å². The Bertz CT molecular complexity index is 544. The van der Waals surface area contributed by atoms with Crippen LogP contribution in [0.15, 0.2) is 12.2 Å². The second-order valence-electron chi connectivity index (χ2n) is 10.5. The molecule has 0 aromatic carbocycles. The Hall–Kier alpha value is -0.340. The summed E-state index contributed by atoms with van der Waals surface area (Å²) in [5.41, 5.74) is 1.81. The van der Waals surface area contributed by atoms with Gasteiger partial charge < -0.3 is 9.47 Å². The van der Waals surface area contributed by atoms with E-state index in [-0.39, 0.29) is 5.79 Å². The minimum atomic E-state index is -0.324. The summed E-state index contributed by atoms with van der Waals surface area (Å²) >= 11 is 0. The van der Waals surface area contributed by atoms with Crippen LogP contribution in [0.3, 0.4) is 0 Å². The molecule has 3 fully saturated rings. The lowest BCUT2D eigenvalue weighted by molar-refractivity contribution is -0.149. The maximum absolute atomic E-state index is 5.83. The SMILES string of the molecule is CC1(CCC[C@@]2(C)CC[C@@H]3C(C)(C)C[C@@]4(C)CC=C[C@]324)OCCO1. The van der Waals surface area contributed by atoms with Crippen LogP contribution in [0.4, 0.5) is 0 Å². The minimum absolute atomic E-state index is 0.324. The molecule has 3 aliphatic carbocycles. The molecule has 0 N–H and O–H groups in total. The van der Waals surface area contributed by atoms with Crippen molar-refractivity contribution < 1.29 is 9.47 Å². The van der Waals surface area contributed by atoms with Gasteiger partial charge in [0.15, 0.2) is 5.79 Å². The van der Waals surface area contributed by atoms with E-state index < -0.39 is 0 Å². The van der Waals surface area contributed by atoms with Crippen molar-refractivity contribution >= 4 is 0 Å². The largest absolute Gasteiger partial charge is 0.348 e. The monoisotopic (exact) mass is 332 g/mol. The van der Waals surface area contributed by atoms with Gasteiger partial charge in [-0.05, 0) is 67.6 Å². The first-order valence-electron chi connectivity index (χ1n) is 10.1. The van der Waals surface area contributed by atoms with E-state index in [0.717, 1.165) is 25.6 Å². The Balaban J connectivity index is 1.56. The molecule has 1 saturated heterocycles. The minimum Gasteiger partial charge on any atom is -0.348 e. The maximum Gasteiger partial charge on any atom is 0.165 e. The summed E-state index contributed by atoms with van der Waals surface area (Å²) in [6.07, 6.45) is 14.2. The van der Waals surface area contributed by atoms with Crippen LogP contribution >= 0.6 is 0 Å². The lowest BCUT2D eigenvalue weighted by Crippen LogP contribution is -2.44. The molecule has 0 aromatic heterocycles. The van der Waals surface area contributed by atoms with Gasteiger partial charge in [-0.3, -0.25) is 0 Å². The third kappa shape index (κ3) is 2.08. The molecule has 1 spiro atoms. The molecule has 2 heteroatoms. The average Bonchev–Trinajstić information content (AvgIpc) is 3.14. The third-order valence-electron chi connectivity index (χ3n) is 8.53. The van der Waals surface area contributed by atoms with Crippen LogP contribution in [-0.2, 0) is 9.47 Å². The molecule has 4 atom stereocenters. The van der Waals surface area contributed by atoms with E-state index >= 15 is 0 Å². The zero-order valence-corrected chi connectivity index (χ0v) is 16.4. The van der Waals surface area contributed by atoms with Gasteiger partial charge in [0.2, 0.25) is 0 Å². The van der Waals surface area contributed by atoms with E-state index in [0.29, 0.717) is 21.7 Å². The van der Waals surface area contributed by atoms with Crippen LogP contribution in [0.2, 0.25) is 0 Å². The molecule has 1 heterocycles. The number of rotatable bonds is 4. The van der Waals surface area contributed by atoms with Crippen LogP contribution in [0, 0.1) is 27.6 Å². The maximum atomic E-state index is 5.83. The standard InChI is InChI=1S/C22H36O2/c1-18(2)16-20(4)10-7-12-22(20)17(18)8-13-19(22,3)9-6-11-21(5)23-14-15-24-21/h7,12,17H,6,8-11,13-16H2,1-5H3/t17-,19+,20-,22+/m1/s1. The van der Waals surface area contributed by atoms with E-state index in [2.05, 4.69) is 46.8 Å². The molecule has 0 aromatic rings. The Morgan fingerprint density at radius 1 is 1.00 bits per heavy atom. The molecule has 4 aliphatic rings. The van der Waals surface area contributed by atoms with Crippen LogP contribution in [-0.4, -0.2) is 19.0 Å². The molecule has 1 aliphatic heterocycles. The fraction of sp³-hybridized carbons (Fsp3) is 0.909. The zero-order valence-electron chi connectivity index (χ0n) is 16.4. The summed E-state index contributed by atoms with van der Waals surface area (Å²) in [4.78, 5) is 0. The van der Waals surface area contributed by atoms with Gasteiger partial charge in [0.25, 0.3) is 0 Å². The summed E-state index contributed by atoms with van der Waals surface area (Å²) in [5, 5.41) is 0. The smallest absolute Gasteiger partial charge is 0.165 e. The summed E-state index contributed by atoms with van der Waals surface area (Å²) in [7, 11) is 0. The Morgan fingerprint density at radius 2 is 1.71 bits per heavy atom. The van der Waals surface area contributed by atoms with Crippen molar-refractivity contribution in [2.24, 2.45) is 27.6 Å². The Labute approximate surface area is 148 Å². The molecule has 0 radical (unpaired) electrons. The molecule has 2 saturated carbocycles. The van der Waals surface area contributed by atoms with E-state index in [4.69, 9.17) is 9.47 Å². The average molecular weight is 333 g/mol. The molecular formula is C22H36O2. The van der Waals surface area contributed by atoms with Gasteiger partial charge in [-0.25, -0.2) is 0 Å². The number of hydrogen-bond donors (Lipinski definition) is 0. The number of hydrogen-bond acceptors (Lipinski definition) is 2. The summed E-state index contributed by atoms with van der Waals surface area (Å²) in [5.74, 6) is 0.531. The molecule has 24 heavy (non-hydrogen) atoms. The normalized spacial score (nSPS) is 48.0. The molecular weight excluding hydrogens is 296 g/mol. The lowest BCUT2D eigenvalue weighted by atomic mass is 9.54. The predicted molar refractivity (Wildman–Crippen MR) is 97.7 cm³/mol. The van der Waals surface area contributed by atoms with E-state index in [1.165, 1.54) is 38.5 Å². The van der Waals surface area contributed by atoms with Gasteiger partial charge in [-0.1, -0.05) is 39.8 Å². The van der Waals surface area contributed by atoms with Gasteiger partial charge >= 0.3 is 0 Å². The second kappa shape index (κ2) is 5.10. The van der Waals surface area contributed by atoms with Crippen LogP contribution in [0.1, 0.15) is 79.6 Å². The van der Waals surface area contributed by atoms with Crippen molar-refractivity contribution in [1.29, 1.82) is 0 Å². The first-order valence-corrected chi connectivity index (χ1v) is 10.1. The fourth-order valence-corrected chi connectivity index (χ4v) is 7.85. The van der Waals surface area contributed by atoms with Crippen LogP contribution in [0.5, 0.6) is 0 Å². The van der Waals surface area contributed by atoms with Crippen molar-refractivity contribution in [1.82, 2.24) is 0 Å². The third-order valence-corrected chi connectivity index (χ3v) is 8.53. The van der Waals surface area contributed by atoms with Gasteiger partial charge in [-0.2, -0.15) is 0 Å². The molecule has 2 nitrogen and oxygen atoms in total. The van der Waals surface area contributed by atoms with Gasteiger partial charge in [0.1, 0.15) is 0 Å². The molecule has 0 unspecified atom stereocenters. The van der Waals surface area contributed by atoms with Crippen molar-refractivity contribution in [3.8, 4) is 0 Å². The zero-order chi connectivity index (χ0) is 17.3. The summed E-state index contributed by atoms with van der Waals surface area (Å²) < 4.78 is 11.7. The van der Waals surface area contributed by atoms with E-state index in [1.54, 1.807) is 0 Å². The number of allylic oxidation sites excluding steroid dienone is 2. The number of ether oxygens (including phenoxy) is 2. The van der Waals surface area contributed by atoms with Crippen molar-refractivity contribution in [3.63, 3.8) is 0 Å². The lowest BCUT2D eigenvalue weighted by Gasteiger charge is -2.50. The van der Waals surface area contributed by atoms with E-state index in [9.17, 15) is 0 Å². The molecule has 0 amide bonds. The van der Waals surface area contributed by atoms with Gasteiger partial charge in [-0.15, -0.1) is 0 Å². The quantitative estimate of drug-likeness (QED) is 0.613. The van der Waals surface area contributed by atoms with Gasteiger partial charge in [0.05, 0.1) is 13.2 Å². The first-order chi connectivity index (χ1) is 11.2. The van der Waals surface area contributed by atoms with E-state index in [1.807, 2.05) is 0 Å². The predicted octanol–water partition coefficient (Wildman–Crippen LogP) is 5.72. The Morgan fingerprint density at radius 3 is 2.42 bits per heavy atom. The van der Waals surface area contributed by atoms with Crippen LogP contribution in [0.25, 0.3) is 0 Å². The highest BCUT2D eigenvalue weighted by molar-refractivity contribution is 5.31. The topological polar surface area (TPSA) is 18.5 Å². The summed E-state index contributed by atoms with van der Waals surface area (Å²) in [6, 6.07) is 0. The van der Waals surface area contributed by atoms with Crippen molar-refractivity contribution in [2.75, 3.05) is 13.2 Å².